The molecule has 5 nitrogen and oxygen atoms in total. The molecular formula is C21H17F2N3O2. The van der Waals surface area contributed by atoms with Crippen LogP contribution in [0.5, 0.6) is 0 Å². The molecule has 3 rings (SSSR count). The first-order valence-electron chi connectivity index (χ1n) is 8.50. The summed E-state index contributed by atoms with van der Waals surface area (Å²) in [5.41, 5.74) is 2.65. The largest absolute Gasteiger partial charge is 0.343 e. The standard InChI is InChI=1S/C21H17F2N3O2/c1-13-16(8-10-19(25-13)14-5-3-2-4-6-14)21(28)24-12-20(27)26-15-7-9-17(22)18(23)11-15/h2-11H,12H2,1H3,(H,24,28)(H,26,27). The molecule has 0 atom stereocenters. The Morgan fingerprint density at radius 1 is 0.964 bits per heavy atom. The number of aryl methyl sites for hydroxylation is 1. The van der Waals surface area contributed by atoms with Gasteiger partial charge in [0.15, 0.2) is 11.6 Å². The van der Waals surface area contributed by atoms with Gasteiger partial charge in [-0.1, -0.05) is 30.3 Å². The highest BCUT2D eigenvalue weighted by atomic mass is 19.2. The van der Waals surface area contributed by atoms with Gasteiger partial charge >= 0.3 is 0 Å². The van der Waals surface area contributed by atoms with Crippen LogP contribution >= 0.6 is 0 Å². The van der Waals surface area contributed by atoms with Crippen molar-refractivity contribution < 1.29 is 18.4 Å². The lowest BCUT2D eigenvalue weighted by Gasteiger charge is -2.10. The number of pyridine rings is 1. The average Bonchev–Trinajstić information content (AvgIpc) is 2.69. The Labute approximate surface area is 160 Å². The lowest BCUT2D eigenvalue weighted by atomic mass is 10.1. The zero-order chi connectivity index (χ0) is 20.1. The van der Waals surface area contributed by atoms with E-state index in [1.165, 1.54) is 6.07 Å². The van der Waals surface area contributed by atoms with E-state index in [4.69, 9.17) is 0 Å². The summed E-state index contributed by atoms with van der Waals surface area (Å²) >= 11 is 0. The predicted octanol–water partition coefficient (Wildman–Crippen LogP) is 3.70. The molecule has 142 valence electrons. The Kier molecular flexibility index (Phi) is 5.74. The molecule has 0 bridgehead atoms. The number of amides is 2. The Morgan fingerprint density at radius 2 is 1.71 bits per heavy atom. The van der Waals surface area contributed by atoms with Gasteiger partial charge in [-0.05, 0) is 31.2 Å². The van der Waals surface area contributed by atoms with Crippen molar-refractivity contribution in [3.05, 3.63) is 83.6 Å². The van der Waals surface area contributed by atoms with Gasteiger partial charge in [-0.25, -0.2) is 8.78 Å². The number of carbonyl (C=O) groups excluding carboxylic acids is 2. The number of hydrogen-bond donors (Lipinski definition) is 2. The minimum Gasteiger partial charge on any atom is -0.343 e. The van der Waals surface area contributed by atoms with Crippen LogP contribution in [0.25, 0.3) is 11.3 Å². The normalized spacial score (nSPS) is 10.4. The summed E-state index contributed by atoms with van der Waals surface area (Å²) in [7, 11) is 0. The summed E-state index contributed by atoms with van der Waals surface area (Å²) < 4.78 is 26.1. The molecule has 2 amide bonds. The summed E-state index contributed by atoms with van der Waals surface area (Å²) in [5.74, 6) is -3.09. The van der Waals surface area contributed by atoms with Crippen LogP contribution in [-0.2, 0) is 4.79 Å². The van der Waals surface area contributed by atoms with Crippen LogP contribution in [0.3, 0.4) is 0 Å². The van der Waals surface area contributed by atoms with E-state index in [1.807, 2.05) is 30.3 Å². The van der Waals surface area contributed by atoms with Crippen molar-refractivity contribution in [1.29, 1.82) is 0 Å². The van der Waals surface area contributed by atoms with Crippen LogP contribution in [-0.4, -0.2) is 23.3 Å². The lowest BCUT2D eigenvalue weighted by Crippen LogP contribution is -2.33. The fourth-order valence-corrected chi connectivity index (χ4v) is 2.61. The highest BCUT2D eigenvalue weighted by Crippen LogP contribution is 2.18. The summed E-state index contributed by atoms with van der Waals surface area (Å²) in [5, 5.41) is 4.87. The third-order valence-corrected chi connectivity index (χ3v) is 4.01. The summed E-state index contributed by atoms with van der Waals surface area (Å²) in [6, 6.07) is 15.9. The van der Waals surface area contributed by atoms with Crippen molar-refractivity contribution in [2.45, 2.75) is 6.92 Å². The van der Waals surface area contributed by atoms with E-state index >= 15 is 0 Å². The number of hydrogen-bond acceptors (Lipinski definition) is 3. The van der Waals surface area contributed by atoms with Crippen LogP contribution < -0.4 is 10.6 Å². The van der Waals surface area contributed by atoms with Crippen molar-refractivity contribution >= 4 is 17.5 Å². The lowest BCUT2D eigenvalue weighted by molar-refractivity contribution is -0.115. The Balaban J connectivity index is 1.61. The van der Waals surface area contributed by atoms with E-state index in [2.05, 4.69) is 15.6 Å². The molecule has 0 aliphatic heterocycles. The van der Waals surface area contributed by atoms with Crippen molar-refractivity contribution in [3.8, 4) is 11.3 Å². The predicted molar refractivity (Wildman–Crippen MR) is 102 cm³/mol. The molecular weight excluding hydrogens is 364 g/mol. The van der Waals surface area contributed by atoms with E-state index in [0.717, 1.165) is 23.4 Å². The monoisotopic (exact) mass is 381 g/mol. The molecule has 0 aliphatic carbocycles. The number of nitrogens with one attached hydrogen (secondary N) is 2. The van der Waals surface area contributed by atoms with Gasteiger partial charge in [-0.3, -0.25) is 14.6 Å². The molecule has 0 fully saturated rings. The number of anilines is 1. The third kappa shape index (κ3) is 4.56. The van der Waals surface area contributed by atoms with Crippen molar-refractivity contribution in [3.63, 3.8) is 0 Å². The van der Waals surface area contributed by atoms with Crippen LogP contribution in [0.2, 0.25) is 0 Å². The van der Waals surface area contributed by atoms with Gasteiger partial charge in [0.1, 0.15) is 0 Å². The number of aromatic nitrogens is 1. The van der Waals surface area contributed by atoms with Crippen molar-refractivity contribution in [2.24, 2.45) is 0 Å². The Bertz CT molecular complexity index is 1020. The second-order valence-electron chi connectivity index (χ2n) is 6.06. The maximum Gasteiger partial charge on any atom is 0.253 e. The number of benzene rings is 2. The summed E-state index contributed by atoms with van der Waals surface area (Å²) in [6.45, 7) is 1.39. The van der Waals surface area contributed by atoms with Gasteiger partial charge in [-0.15, -0.1) is 0 Å². The average molecular weight is 381 g/mol. The molecule has 2 aromatic carbocycles. The molecule has 7 heteroatoms. The van der Waals surface area contributed by atoms with Gasteiger partial charge in [0.25, 0.3) is 5.91 Å². The molecule has 2 N–H and O–H groups in total. The van der Waals surface area contributed by atoms with Gasteiger partial charge in [0, 0.05) is 17.3 Å². The maximum atomic E-state index is 13.2. The van der Waals surface area contributed by atoms with Gasteiger partial charge < -0.3 is 10.6 Å². The topological polar surface area (TPSA) is 71.1 Å². The molecule has 1 heterocycles. The molecule has 0 unspecified atom stereocenters. The number of rotatable bonds is 5. The molecule has 0 saturated heterocycles. The number of carbonyl (C=O) groups is 2. The summed E-state index contributed by atoms with van der Waals surface area (Å²) in [4.78, 5) is 28.7. The van der Waals surface area contributed by atoms with Crippen molar-refractivity contribution in [1.82, 2.24) is 10.3 Å². The smallest absolute Gasteiger partial charge is 0.253 e. The zero-order valence-corrected chi connectivity index (χ0v) is 15.0. The zero-order valence-electron chi connectivity index (χ0n) is 15.0. The molecule has 1 aromatic heterocycles. The third-order valence-electron chi connectivity index (χ3n) is 4.01. The number of nitrogens with zero attached hydrogens (tertiary/aromatic N) is 1. The fraction of sp³-hybridized carbons (Fsp3) is 0.0952. The first-order valence-corrected chi connectivity index (χ1v) is 8.50. The van der Waals surface area contributed by atoms with Crippen LogP contribution in [0, 0.1) is 18.6 Å². The van der Waals surface area contributed by atoms with Crippen molar-refractivity contribution in [2.75, 3.05) is 11.9 Å². The quantitative estimate of drug-likeness (QED) is 0.708. The Hall–Kier alpha value is -3.61. The number of halogens is 2. The van der Waals surface area contributed by atoms with Crippen LogP contribution in [0.4, 0.5) is 14.5 Å². The summed E-state index contributed by atoms with van der Waals surface area (Å²) in [6.07, 6.45) is 0. The van der Waals surface area contributed by atoms with Crippen LogP contribution in [0.15, 0.2) is 60.7 Å². The minimum atomic E-state index is -1.07. The van der Waals surface area contributed by atoms with Gasteiger partial charge in [0.05, 0.1) is 23.5 Å². The van der Waals surface area contributed by atoms with Gasteiger partial charge in [0.2, 0.25) is 5.91 Å². The second kappa shape index (κ2) is 8.39. The van der Waals surface area contributed by atoms with E-state index in [0.29, 0.717) is 11.3 Å². The fourth-order valence-electron chi connectivity index (χ4n) is 2.61. The maximum absolute atomic E-state index is 13.2. The molecule has 0 aliphatic rings. The van der Waals surface area contributed by atoms with E-state index in [9.17, 15) is 18.4 Å². The highest BCUT2D eigenvalue weighted by Gasteiger charge is 2.13. The van der Waals surface area contributed by atoms with E-state index in [1.54, 1.807) is 19.1 Å². The Morgan fingerprint density at radius 3 is 2.39 bits per heavy atom. The minimum absolute atomic E-state index is 0.100. The van der Waals surface area contributed by atoms with Crippen LogP contribution in [0.1, 0.15) is 16.1 Å². The highest BCUT2D eigenvalue weighted by molar-refractivity contribution is 6.00. The first-order chi connectivity index (χ1) is 13.4. The second-order valence-corrected chi connectivity index (χ2v) is 6.06. The molecule has 0 spiro atoms. The molecule has 0 saturated carbocycles. The van der Waals surface area contributed by atoms with E-state index < -0.39 is 23.4 Å². The SMILES string of the molecule is Cc1nc(-c2ccccc2)ccc1C(=O)NCC(=O)Nc1ccc(F)c(F)c1. The van der Waals surface area contributed by atoms with Gasteiger partial charge in [-0.2, -0.15) is 0 Å². The molecule has 28 heavy (non-hydrogen) atoms. The molecule has 3 aromatic rings. The first kappa shape index (κ1) is 19.2. The molecule has 0 radical (unpaired) electrons. The van der Waals surface area contributed by atoms with E-state index in [-0.39, 0.29) is 12.2 Å².